The summed E-state index contributed by atoms with van der Waals surface area (Å²) in [5, 5.41) is 5.48. The molecule has 3 rings (SSSR count). The van der Waals surface area contributed by atoms with Crippen molar-refractivity contribution in [1.29, 1.82) is 0 Å². The number of carbonyl (C=O) groups excluding carboxylic acids is 2. The van der Waals surface area contributed by atoms with E-state index in [1.165, 1.54) is 18.2 Å². The highest BCUT2D eigenvalue weighted by Gasteiger charge is 2.47. The van der Waals surface area contributed by atoms with E-state index in [0.29, 0.717) is 24.9 Å². The van der Waals surface area contributed by atoms with Crippen LogP contribution in [0.4, 0.5) is 8.78 Å². The second kappa shape index (κ2) is 8.08. The quantitative estimate of drug-likeness (QED) is 0.799. The van der Waals surface area contributed by atoms with Crippen LogP contribution >= 0.6 is 0 Å². The van der Waals surface area contributed by atoms with Gasteiger partial charge in [-0.25, -0.2) is 8.78 Å². The number of benzene rings is 2. The summed E-state index contributed by atoms with van der Waals surface area (Å²) in [5.41, 5.74) is 1.35. The summed E-state index contributed by atoms with van der Waals surface area (Å²) in [6, 6.07) is 12.4. The Morgan fingerprint density at radius 2 is 1.58 bits per heavy atom. The molecule has 0 spiro atoms. The van der Waals surface area contributed by atoms with Gasteiger partial charge in [0.15, 0.2) is 0 Å². The van der Waals surface area contributed by atoms with Crippen LogP contribution in [-0.4, -0.2) is 18.4 Å². The first-order valence-electron chi connectivity index (χ1n) is 8.58. The van der Waals surface area contributed by atoms with Crippen molar-refractivity contribution in [3.8, 4) is 0 Å². The van der Waals surface area contributed by atoms with Crippen LogP contribution in [-0.2, 0) is 22.6 Å². The molecule has 0 bridgehead atoms. The number of halogens is 2. The van der Waals surface area contributed by atoms with Crippen molar-refractivity contribution in [3.63, 3.8) is 0 Å². The molecular formula is C20H20F2N2O2. The summed E-state index contributed by atoms with van der Waals surface area (Å²) >= 11 is 0. The van der Waals surface area contributed by atoms with Gasteiger partial charge in [-0.05, 0) is 36.6 Å². The van der Waals surface area contributed by atoms with E-state index in [1.54, 1.807) is 30.3 Å². The maximum absolute atomic E-state index is 13.5. The predicted octanol–water partition coefficient (Wildman–Crippen LogP) is 2.58. The van der Waals surface area contributed by atoms with Gasteiger partial charge in [-0.3, -0.25) is 9.59 Å². The average Bonchev–Trinajstić information content (AvgIpc) is 3.43. The molecule has 2 amide bonds. The average molecular weight is 358 g/mol. The number of hydrogen-bond acceptors (Lipinski definition) is 2. The number of rotatable bonds is 7. The number of carbonyl (C=O) groups is 2. The second-order valence-electron chi connectivity index (χ2n) is 6.43. The van der Waals surface area contributed by atoms with Crippen LogP contribution in [0, 0.1) is 23.5 Å². The summed E-state index contributed by atoms with van der Waals surface area (Å²) in [6.45, 7) is 0.547. The lowest BCUT2D eigenvalue weighted by Crippen LogP contribution is -2.31. The molecule has 1 saturated carbocycles. The number of amides is 2. The molecule has 0 aliphatic heterocycles. The molecule has 2 aromatic carbocycles. The van der Waals surface area contributed by atoms with Gasteiger partial charge in [-0.2, -0.15) is 0 Å². The Morgan fingerprint density at radius 1 is 0.923 bits per heavy atom. The van der Waals surface area contributed by atoms with Crippen molar-refractivity contribution in [2.24, 2.45) is 11.8 Å². The van der Waals surface area contributed by atoms with Crippen molar-refractivity contribution in [1.82, 2.24) is 10.6 Å². The number of nitrogens with one attached hydrogen (secondary N) is 2. The lowest BCUT2D eigenvalue weighted by atomic mass is 10.1. The lowest BCUT2D eigenvalue weighted by Gasteiger charge is -2.07. The van der Waals surface area contributed by atoms with Gasteiger partial charge in [-0.15, -0.1) is 0 Å². The molecule has 1 fully saturated rings. The fourth-order valence-electron chi connectivity index (χ4n) is 2.84. The zero-order valence-electron chi connectivity index (χ0n) is 14.2. The highest BCUT2D eigenvalue weighted by Crippen LogP contribution is 2.38. The zero-order chi connectivity index (χ0) is 18.5. The van der Waals surface area contributed by atoms with Crippen LogP contribution in [0.2, 0.25) is 0 Å². The molecule has 0 heterocycles. The monoisotopic (exact) mass is 358 g/mol. The Labute approximate surface area is 150 Å². The fourth-order valence-corrected chi connectivity index (χ4v) is 2.84. The summed E-state index contributed by atoms with van der Waals surface area (Å²) in [5.74, 6) is -1.72. The van der Waals surface area contributed by atoms with Crippen LogP contribution < -0.4 is 10.6 Å². The third-order valence-corrected chi connectivity index (χ3v) is 4.50. The minimum atomic E-state index is -0.362. The van der Waals surface area contributed by atoms with E-state index in [-0.39, 0.29) is 41.8 Å². The molecule has 2 aromatic rings. The second-order valence-corrected chi connectivity index (χ2v) is 6.43. The summed E-state index contributed by atoms with van der Waals surface area (Å²) in [4.78, 5) is 24.2. The van der Waals surface area contributed by atoms with Crippen LogP contribution in [0.1, 0.15) is 17.5 Å². The predicted molar refractivity (Wildman–Crippen MR) is 93.0 cm³/mol. The summed E-state index contributed by atoms with van der Waals surface area (Å²) < 4.78 is 26.4. The number of hydrogen-bond donors (Lipinski definition) is 2. The van der Waals surface area contributed by atoms with Gasteiger partial charge >= 0.3 is 0 Å². The Hall–Kier alpha value is -2.76. The third kappa shape index (κ3) is 4.65. The molecule has 0 saturated heterocycles. The Kier molecular flexibility index (Phi) is 5.61. The van der Waals surface area contributed by atoms with Crippen molar-refractivity contribution >= 4 is 11.8 Å². The molecule has 0 aromatic heterocycles. The van der Waals surface area contributed by atoms with E-state index in [0.717, 1.165) is 5.56 Å². The van der Waals surface area contributed by atoms with E-state index < -0.39 is 0 Å². The normalized spacial score (nSPS) is 18.2. The van der Waals surface area contributed by atoms with Gasteiger partial charge in [0.25, 0.3) is 0 Å². The molecule has 4 nitrogen and oxygen atoms in total. The maximum Gasteiger partial charge on any atom is 0.224 e. The highest BCUT2D eigenvalue weighted by atomic mass is 19.1. The van der Waals surface area contributed by atoms with E-state index in [4.69, 9.17) is 0 Å². The van der Waals surface area contributed by atoms with Gasteiger partial charge < -0.3 is 10.6 Å². The molecule has 0 radical (unpaired) electrons. The van der Waals surface area contributed by atoms with Crippen LogP contribution in [0.5, 0.6) is 0 Å². The minimum Gasteiger partial charge on any atom is -0.356 e. The molecule has 6 heteroatoms. The highest BCUT2D eigenvalue weighted by molar-refractivity contribution is 5.92. The maximum atomic E-state index is 13.5. The van der Waals surface area contributed by atoms with Crippen LogP contribution in [0.15, 0.2) is 48.5 Å². The molecule has 2 N–H and O–H groups in total. The van der Waals surface area contributed by atoms with Crippen LogP contribution in [0.25, 0.3) is 0 Å². The van der Waals surface area contributed by atoms with E-state index in [9.17, 15) is 18.4 Å². The molecule has 1 aliphatic rings. The Morgan fingerprint density at radius 3 is 2.27 bits per heavy atom. The van der Waals surface area contributed by atoms with Gasteiger partial charge in [0.1, 0.15) is 11.6 Å². The standard InChI is InChI=1S/C20H20F2N2O2/c21-15-7-5-13(6-8-15)9-10-23-19(25)16-11-17(16)20(26)24-12-14-3-1-2-4-18(14)22/h1-8,16-17H,9-12H2,(H,23,25)(H,24,26). The molecule has 1 aliphatic carbocycles. The van der Waals surface area contributed by atoms with Crippen molar-refractivity contribution in [2.75, 3.05) is 6.54 Å². The van der Waals surface area contributed by atoms with Crippen molar-refractivity contribution in [2.45, 2.75) is 19.4 Å². The first kappa shape index (κ1) is 18.0. The minimum absolute atomic E-state index is 0.112. The van der Waals surface area contributed by atoms with Crippen LogP contribution in [0.3, 0.4) is 0 Å². The van der Waals surface area contributed by atoms with Gasteiger partial charge in [0.05, 0.1) is 11.8 Å². The first-order valence-corrected chi connectivity index (χ1v) is 8.58. The molecule has 2 unspecified atom stereocenters. The third-order valence-electron chi connectivity index (χ3n) is 4.50. The van der Waals surface area contributed by atoms with E-state index in [1.807, 2.05) is 0 Å². The van der Waals surface area contributed by atoms with Gasteiger partial charge in [0, 0.05) is 18.7 Å². The Balaban J connectivity index is 1.38. The SMILES string of the molecule is O=C(NCCc1ccc(F)cc1)C1CC1C(=O)NCc1ccccc1F. The largest absolute Gasteiger partial charge is 0.356 e. The van der Waals surface area contributed by atoms with E-state index in [2.05, 4.69) is 10.6 Å². The zero-order valence-corrected chi connectivity index (χ0v) is 14.2. The summed E-state index contributed by atoms with van der Waals surface area (Å²) in [6.07, 6.45) is 1.11. The molecular weight excluding hydrogens is 338 g/mol. The van der Waals surface area contributed by atoms with Gasteiger partial charge in [-0.1, -0.05) is 30.3 Å². The smallest absolute Gasteiger partial charge is 0.224 e. The molecule has 136 valence electrons. The fraction of sp³-hybridized carbons (Fsp3) is 0.300. The summed E-state index contributed by atoms with van der Waals surface area (Å²) in [7, 11) is 0. The molecule has 2 atom stereocenters. The van der Waals surface area contributed by atoms with Crippen molar-refractivity contribution in [3.05, 3.63) is 71.3 Å². The van der Waals surface area contributed by atoms with Gasteiger partial charge in [0.2, 0.25) is 11.8 Å². The van der Waals surface area contributed by atoms with E-state index >= 15 is 0 Å². The first-order chi connectivity index (χ1) is 12.5. The topological polar surface area (TPSA) is 58.2 Å². The lowest BCUT2D eigenvalue weighted by molar-refractivity contribution is -0.127. The molecule has 26 heavy (non-hydrogen) atoms. The Bertz CT molecular complexity index is 793. The van der Waals surface area contributed by atoms with Crippen molar-refractivity contribution < 1.29 is 18.4 Å².